The molecule has 0 radical (unpaired) electrons. The van der Waals surface area contributed by atoms with Gasteiger partial charge in [0.25, 0.3) is 5.91 Å². The second kappa shape index (κ2) is 5.57. The summed E-state index contributed by atoms with van der Waals surface area (Å²) in [6.45, 7) is 4.00. The number of hydrogen-bond donors (Lipinski definition) is 1. The predicted molar refractivity (Wildman–Crippen MR) is 64.1 cm³/mol. The van der Waals surface area contributed by atoms with Crippen molar-refractivity contribution in [3.63, 3.8) is 0 Å². The molecule has 1 N–H and O–H groups in total. The summed E-state index contributed by atoms with van der Waals surface area (Å²) in [6, 6.07) is 3.88. The van der Waals surface area contributed by atoms with Gasteiger partial charge in [-0.25, -0.2) is 0 Å². The minimum absolute atomic E-state index is 0.0183. The van der Waals surface area contributed by atoms with Crippen LogP contribution in [-0.2, 0) is 0 Å². The summed E-state index contributed by atoms with van der Waals surface area (Å²) < 4.78 is 0. The van der Waals surface area contributed by atoms with E-state index in [4.69, 9.17) is 6.42 Å². The average molecular weight is 221 g/mol. The van der Waals surface area contributed by atoms with Crippen LogP contribution in [-0.4, -0.2) is 11.9 Å². The molecule has 0 aliphatic rings. The number of rotatable bonds is 4. The van der Waals surface area contributed by atoms with Crippen LogP contribution in [0.3, 0.4) is 0 Å². The van der Waals surface area contributed by atoms with Gasteiger partial charge in [-0.3, -0.25) is 4.79 Å². The fraction of sp³-hybridized carbons (Fsp3) is 0.417. The van der Waals surface area contributed by atoms with E-state index in [9.17, 15) is 4.79 Å². The van der Waals surface area contributed by atoms with E-state index in [1.165, 1.54) is 11.3 Å². The van der Waals surface area contributed by atoms with E-state index in [1.54, 1.807) is 0 Å². The van der Waals surface area contributed by atoms with Crippen molar-refractivity contribution < 1.29 is 4.79 Å². The van der Waals surface area contributed by atoms with Crippen molar-refractivity contribution in [3.8, 4) is 12.3 Å². The van der Waals surface area contributed by atoms with Gasteiger partial charge < -0.3 is 5.32 Å². The molecule has 1 aromatic heterocycles. The molecule has 0 aliphatic heterocycles. The van der Waals surface area contributed by atoms with Crippen molar-refractivity contribution in [2.45, 2.75) is 32.7 Å². The molecule has 1 unspecified atom stereocenters. The molecule has 0 saturated carbocycles. The number of terminal acetylenes is 1. The third kappa shape index (κ3) is 3.41. The maximum Gasteiger partial charge on any atom is 0.261 e. The maximum atomic E-state index is 11.7. The lowest BCUT2D eigenvalue weighted by molar-refractivity contribution is 0.0941. The number of amides is 1. The van der Waals surface area contributed by atoms with Gasteiger partial charge in [-0.05, 0) is 25.5 Å². The second-order valence-electron chi connectivity index (χ2n) is 3.40. The van der Waals surface area contributed by atoms with Crippen molar-refractivity contribution in [3.05, 3.63) is 21.9 Å². The highest BCUT2D eigenvalue weighted by Crippen LogP contribution is 2.15. The fourth-order valence-electron chi connectivity index (χ4n) is 1.25. The van der Waals surface area contributed by atoms with Gasteiger partial charge in [0.05, 0.1) is 4.88 Å². The van der Waals surface area contributed by atoms with Gasteiger partial charge in [0.1, 0.15) is 0 Å². The molecular formula is C12H15NOS. The van der Waals surface area contributed by atoms with Crippen LogP contribution in [0.15, 0.2) is 12.1 Å². The van der Waals surface area contributed by atoms with Crippen LogP contribution >= 0.6 is 11.3 Å². The van der Waals surface area contributed by atoms with Crippen molar-refractivity contribution in [1.29, 1.82) is 0 Å². The Labute approximate surface area is 94.7 Å². The average Bonchev–Trinajstić information content (AvgIpc) is 2.64. The van der Waals surface area contributed by atoms with E-state index < -0.39 is 0 Å². The summed E-state index contributed by atoms with van der Waals surface area (Å²) in [5, 5.41) is 2.93. The Morgan fingerprint density at radius 2 is 2.40 bits per heavy atom. The number of carbonyl (C=O) groups is 1. The standard InChI is InChI=1S/C12H15NOS/c1-4-6-10(5-2)13-12(14)11-8-7-9(3)15-11/h1,7-8,10H,5-6H2,2-3H3,(H,13,14). The van der Waals surface area contributed by atoms with Crippen molar-refractivity contribution in [2.75, 3.05) is 0 Å². The van der Waals surface area contributed by atoms with Crippen molar-refractivity contribution in [2.24, 2.45) is 0 Å². The molecular weight excluding hydrogens is 206 g/mol. The third-order valence-corrected chi connectivity index (χ3v) is 3.16. The first-order chi connectivity index (χ1) is 7.17. The molecule has 3 heteroatoms. The zero-order valence-electron chi connectivity index (χ0n) is 9.04. The van der Waals surface area contributed by atoms with E-state index in [-0.39, 0.29) is 11.9 Å². The van der Waals surface area contributed by atoms with Gasteiger partial charge >= 0.3 is 0 Å². The molecule has 0 bridgehead atoms. The van der Waals surface area contributed by atoms with Crippen molar-refractivity contribution >= 4 is 17.2 Å². The highest BCUT2D eigenvalue weighted by Gasteiger charge is 2.12. The van der Waals surface area contributed by atoms with Crippen LogP contribution in [0.2, 0.25) is 0 Å². The summed E-state index contributed by atoms with van der Waals surface area (Å²) in [5.41, 5.74) is 0. The van der Waals surface area contributed by atoms with Gasteiger partial charge in [0.15, 0.2) is 0 Å². The Bertz CT molecular complexity index is 375. The molecule has 0 saturated heterocycles. The summed E-state index contributed by atoms with van der Waals surface area (Å²) in [4.78, 5) is 13.6. The lowest BCUT2D eigenvalue weighted by atomic mass is 10.1. The molecule has 1 amide bonds. The van der Waals surface area contributed by atoms with Crippen LogP contribution < -0.4 is 5.32 Å². The lowest BCUT2D eigenvalue weighted by Gasteiger charge is -2.12. The highest BCUT2D eigenvalue weighted by molar-refractivity contribution is 7.13. The first-order valence-electron chi connectivity index (χ1n) is 4.98. The third-order valence-electron chi connectivity index (χ3n) is 2.16. The predicted octanol–water partition coefficient (Wildman–Crippen LogP) is 2.59. The molecule has 1 aromatic rings. The van der Waals surface area contributed by atoms with Gasteiger partial charge in [-0.1, -0.05) is 6.92 Å². The quantitative estimate of drug-likeness (QED) is 0.778. The zero-order chi connectivity index (χ0) is 11.3. The SMILES string of the molecule is C#CCC(CC)NC(=O)c1ccc(C)s1. The largest absolute Gasteiger partial charge is 0.348 e. The highest BCUT2D eigenvalue weighted by atomic mass is 32.1. The van der Waals surface area contributed by atoms with E-state index >= 15 is 0 Å². The summed E-state index contributed by atoms with van der Waals surface area (Å²) >= 11 is 1.50. The summed E-state index contributed by atoms with van der Waals surface area (Å²) in [7, 11) is 0. The number of hydrogen-bond acceptors (Lipinski definition) is 2. The Balaban J connectivity index is 2.59. The molecule has 0 aliphatic carbocycles. The molecule has 15 heavy (non-hydrogen) atoms. The number of thiophene rings is 1. The zero-order valence-corrected chi connectivity index (χ0v) is 9.86. The lowest BCUT2D eigenvalue weighted by Crippen LogP contribution is -2.33. The number of nitrogens with one attached hydrogen (secondary N) is 1. The summed E-state index contributed by atoms with van der Waals surface area (Å²) in [5.74, 6) is 2.55. The van der Waals surface area contributed by atoms with Crippen LogP contribution in [0.5, 0.6) is 0 Å². The normalized spacial score (nSPS) is 11.8. The summed E-state index contributed by atoms with van der Waals surface area (Å²) in [6.07, 6.45) is 6.68. The van der Waals surface area contributed by atoms with Gasteiger partial charge in [0, 0.05) is 17.3 Å². The molecule has 0 aromatic carbocycles. The Morgan fingerprint density at radius 1 is 1.67 bits per heavy atom. The first-order valence-corrected chi connectivity index (χ1v) is 5.79. The minimum atomic E-state index is -0.0183. The minimum Gasteiger partial charge on any atom is -0.348 e. The molecule has 1 heterocycles. The van der Waals surface area contributed by atoms with Crippen LogP contribution in [0, 0.1) is 19.3 Å². The fourth-order valence-corrected chi connectivity index (χ4v) is 2.02. The topological polar surface area (TPSA) is 29.1 Å². The van der Waals surface area contributed by atoms with Gasteiger partial charge in [0.2, 0.25) is 0 Å². The van der Waals surface area contributed by atoms with Crippen LogP contribution in [0.1, 0.15) is 34.3 Å². The molecule has 2 nitrogen and oxygen atoms in total. The Hall–Kier alpha value is -1.27. The number of aryl methyl sites for hydroxylation is 1. The molecule has 80 valence electrons. The van der Waals surface area contributed by atoms with E-state index in [1.807, 2.05) is 26.0 Å². The molecule has 0 fully saturated rings. The first kappa shape index (κ1) is 11.8. The van der Waals surface area contributed by atoms with Gasteiger partial charge in [-0.2, -0.15) is 0 Å². The Kier molecular flexibility index (Phi) is 4.38. The van der Waals surface area contributed by atoms with Crippen LogP contribution in [0.25, 0.3) is 0 Å². The maximum absolute atomic E-state index is 11.7. The second-order valence-corrected chi connectivity index (χ2v) is 4.69. The monoisotopic (exact) mass is 221 g/mol. The van der Waals surface area contributed by atoms with Gasteiger partial charge in [-0.15, -0.1) is 23.7 Å². The number of carbonyl (C=O) groups excluding carboxylic acids is 1. The van der Waals surface area contributed by atoms with E-state index in [2.05, 4.69) is 11.2 Å². The molecule has 1 rings (SSSR count). The van der Waals surface area contributed by atoms with Crippen molar-refractivity contribution in [1.82, 2.24) is 5.32 Å². The molecule has 0 spiro atoms. The molecule has 1 atom stereocenters. The van der Waals surface area contributed by atoms with Crippen LogP contribution in [0.4, 0.5) is 0 Å². The Morgan fingerprint density at radius 3 is 2.87 bits per heavy atom. The smallest absolute Gasteiger partial charge is 0.261 e. The van der Waals surface area contributed by atoms with E-state index in [0.717, 1.165) is 16.2 Å². The van der Waals surface area contributed by atoms with E-state index in [0.29, 0.717) is 6.42 Å².